The maximum atomic E-state index is 13.1. The van der Waals surface area contributed by atoms with E-state index < -0.39 is 5.97 Å². The van der Waals surface area contributed by atoms with Crippen LogP contribution in [0.25, 0.3) is 6.08 Å². The molecule has 0 radical (unpaired) electrons. The van der Waals surface area contributed by atoms with Gasteiger partial charge in [0.05, 0.1) is 41.5 Å². The molecule has 34 heavy (non-hydrogen) atoms. The number of thioether (sulfide) groups is 1. The molecular weight excluding hydrogens is 520 g/mol. The molecule has 7 nitrogen and oxygen atoms in total. The largest absolute Gasteiger partial charge is 0.493 e. The predicted octanol–water partition coefficient (Wildman–Crippen LogP) is 6.05. The summed E-state index contributed by atoms with van der Waals surface area (Å²) in [4.78, 5) is 31.7. The summed E-state index contributed by atoms with van der Waals surface area (Å²) in [6, 6.07) is 10.5. The van der Waals surface area contributed by atoms with E-state index in [1.165, 1.54) is 18.9 Å². The first kappa shape index (κ1) is 25.8. The second kappa shape index (κ2) is 12.1. The van der Waals surface area contributed by atoms with Gasteiger partial charge in [0.2, 0.25) is 0 Å². The third kappa shape index (κ3) is 6.01. The Morgan fingerprint density at radius 1 is 1.21 bits per heavy atom. The van der Waals surface area contributed by atoms with Crippen molar-refractivity contribution in [2.75, 3.05) is 27.4 Å². The number of benzene rings is 2. The molecule has 0 aromatic heterocycles. The van der Waals surface area contributed by atoms with Crippen molar-refractivity contribution in [3.05, 3.63) is 56.9 Å². The van der Waals surface area contributed by atoms with Crippen LogP contribution in [-0.2, 0) is 9.53 Å². The van der Waals surface area contributed by atoms with Crippen LogP contribution in [0.2, 0.25) is 0 Å². The Bertz CT molecular complexity index is 1130. The SMILES string of the molecule is CCCCOc1c(Br)cc(C=C2SC(=Nc3cccc(C(=O)OC)c3)N(CC)C2=O)cc1OC. The fourth-order valence-electron chi connectivity index (χ4n) is 3.23. The predicted molar refractivity (Wildman–Crippen MR) is 139 cm³/mol. The number of aliphatic imine (C=N–C) groups is 1. The molecule has 1 fully saturated rings. The van der Waals surface area contributed by atoms with Gasteiger partial charge in [0.15, 0.2) is 16.7 Å². The number of likely N-dealkylation sites (N-methyl/N-ethyl adjacent to an activating group) is 1. The lowest BCUT2D eigenvalue weighted by molar-refractivity contribution is -0.122. The molecule has 2 aromatic carbocycles. The van der Waals surface area contributed by atoms with Crippen molar-refractivity contribution < 1.29 is 23.8 Å². The summed E-state index contributed by atoms with van der Waals surface area (Å²) < 4.78 is 16.9. The highest BCUT2D eigenvalue weighted by Crippen LogP contribution is 2.39. The Hall–Kier alpha value is -2.78. The van der Waals surface area contributed by atoms with E-state index in [0.29, 0.717) is 46.0 Å². The number of nitrogens with zero attached hydrogens (tertiary/aromatic N) is 2. The average Bonchev–Trinajstić information content (AvgIpc) is 3.13. The van der Waals surface area contributed by atoms with Crippen LogP contribution in [0.15, 0.2) is 50.8 Å². The molecule has 2 aromatic rings. The lowest BCUT2D eigenvalue weighted by Crippen LogP contribution is -2.28. The first-order chi connectivity index (χ1) is 16.4. The minimum Gasteiger partial charge on any atom is -0.493 e. The highest BCUT2D eigenvalue weighted by Gasteiger charge is 2.32. The van der Waals surface area contributed by atoms with Gasteiger partial charge in [0, 0.05) is 6.54 Å². The third-order valence-corrected chi connectivity index (χ3v) is 6.59. The number of hydrogen-bond acceptors (Lipinski definition) is 7. The number of carbonyl (C=O) groups is 2. The second-order valence-electron chi connectivity index (χ2n) is 7.33. The van der Waals surface area contributed by atoms with Crippen molar-refractivity contribution in [3.63, 3.8) is 0 Å². The number of ether oxygens (including phenoxy) is 3. The lowest BCUT2D eigenvalue weighted by Gasteiger charge is -2.13. The van der Waals surface area contributed by atoms with E-state index in [-0.39, 0.29) is 5.91 Å². The number of unbranched alkanes of at least 4 members (excludes halogenated alkanes) is 1. The molecule has 0 bridgehead atoms. The molecule has 1 aliphatic rings. The van der Waals surface area contributed by atoms with Crippen LogP contribution in [0.3, 0.4) is 0 Å². The molecule has 0 atom stereocenters. The Labute approximate surface area is 212 Å². The number of amidine groups is 1. The summed E-state index contributed by atoms with van der Waals surface area (Å²) in [5.74, 6) is 0.667. The first-order valence-corrected chi connectivity index (χ1v) is 12.5. The molecule has 0 spiro atoms. The van der Waals surface area contributed by atoms with Crippen LogP contribution >= 0.6 is 27.7 Å². The van der Waals surface area contributed by atoms with Crippen molar-refractivity contribution in [1.82, 2.24) is 4.90 Å². The Balaban J connectivity index is 1.91. The van der Waals surface area contributed by atoms with E-state index in [9.17, 15) is 9.59 Å². The second-order valence-corrected chi connectivity index (χ2v) is 9.20. The quantitative estimate of drug-likeness (QED) is 0.216. The van der Waals surface area contributed by atoms with Gasteiger partial charge in [0.25, 0.3) is 5.91 Å². The molecule has 9 heteroatoms. The highest BCUT2D eigenvalue weighted by atomic mass is 79.9. The van der Waals surface area contributed by atoms with E-state index in [1.807, 2.05) is 25.1 Å². The van der Waals surface area contributed by atoms with Crippen LogP contribution in [0, 0.1) is 0 Å². The molecule has 0 N–H and O–H groups in total. The fraction of sp³-hybridized carbons (Fsp3) is 0.320. The molecule has 0 saturated carbocycles. The number of halogens is 1. The summed E-state index contributed by atoms with van der Waals surface area (Å²) in [7, 11) is 2.92. The van der Waals surface area contributed by atoms with Gasteiger partial charge < -0.3 is 14.2 Å². The molecule has 1 saturated heterocycles. The maximum absolute atomic E-state index is 13.1. The number of esters is 1. The zero-order valence-electron chi connectivity index (χ0n) is 19.6. The van der Waals surface area contributed by atoms with Gasteiger partial charge in [-0.1, -0.05) is 19.4 Å². The topological polar surface area (TPSA) is 77.4 Å². The van der Waals surface area contributed by atoms with Gasteiger partial charge in [-0.2, -0.15) is 0 Å². The van der Waals surface area contributed by atoms with Crippen LogP contribution in [-0.4, -0.2) is 49.3 Å². The summed E-state index contributed by atoms with van der Waals surface area (Å²) in [6.07, 6.45) is 3.80. The normalized spacial score (nSPS) is 15.8. The molecule has 0 aliphatic carbocycles. The Morgan fingerprint density at radius 2 is 2.00 bits per heavy atom. The van der Waals surface area contributed by atoms with Crippen molar-refractivity contribution >= 4 is 56.5 Å². The average molecular weight is 547 g/mol. The Kier molecular flexibility index (Phi) is 9.18. The van der Waals surface area contributed by atoms with E-state index in [4.69, 9.17) is 14.2 Å². The monoisotopic (exact) mass is 546 g/mol. The summed E-state index contributed by atoms with van der Waals surface area (Å²) in [6.45, 7) is 5.07. The fourth-order valence-corrected chi connectivity index (χ4v) is 4.87. The van der Waals surface area contributed by atoms with Gasteiger partial charge >= 0.3 is 5.97 Å². The molecule has 0 unspecified atom stereocenters. The first-order valence-electron chi connectivity index (χ1n) is 10.9. The van der Waals surface area contributed by atoms with Crippen LogP contribution in [0.1, 0.15) is 42.6 Å². The molecule has 3 rings (SSSR count). The Morgan fingerprint density at radius 3 is 2.68 bits per heavy atom. The lowest BCUT2D eigenvalue weighted by atomic mass is 10.2. The third-order valence-electron chi connectivity index (χ3n) is 4.99. The summed E-state index contributed by atoms with van der Waals surface area (Å²) in [5.41, 5.74) is 1.76. The number of hydrogen-bond donors (Lipinski definition) is 0. The highest BCUT2D eigenvalue weighted by molar-refractivity contribution is 9.10. The molecule has 1 heterocycles. The number of amides is 1. The minimum absolute atomic E-state index is 0.131. The van der Waals surface area contributed by atoms with Crippen molar-refractivity contribution in [1.29, 1.82) is 0 Å². The van der Waals surface area contributed by atoms with Crippen LogP contribution < -0.4 is 9.47 Å². The minimum atomic E-state index is -0.438. The van der Waals surface area contributed by atoms with Gasteiger partial charge in [-0.25, -0.2) is 9.79 Å². The zero-order valence-corrected chi connectivity index (χ0v) is 22.0. The van der Waals surface area contributed by atoms with Crippen molar-refractivity contribution in [2.45, 2.75) is 26.7 Å². The smallest absolute Gasteiger partial charge is 0.337 e. The van der Waals surface area contributed by atoms with Gasteiger partial charge in [-0.3, -0.25) is 9.69 Å². The van der Waals surface area contributed by atoms with Gasteiger partial charge in [-0.05, 0) is 83.0 Å². The summed E-state index contributed by atoms with van der Waals surface area (Å²) in [5, 5.41) is 0.548. The molecule has 180 valence electrons. The molecule has 1 aliphatic heterocycles. The van der Waals surface area contributed by atoms with Gasteiger partial charge in [-0.15, -0.1) is 0 Å². The zero-order chi connectivity index (χ0) is 24.7. The maximum Gasteiger partial charge on any atom is 0.337 e. The van der Waals surface area contributed by atoms with E-state index in [0.717, 1.165) is 22.9 Å². The van der Waals surface area contributed by atoms with Crippen molar-refractivity contribution in [3.8, 4) is 11.5 Å². The van der Waals surface area contributed by atoms with E-state index in [1.54, 1.807) is 36.3 Å². The van der Waals surface area contributed by atoms with Crippen LogP contribution in [0.4, 0.5) is 5.69 Å². The van der Waals surface area contributed by atoms with E-state index >= 15 is 0 Å². The molecule has 1 amide bonds. The van der Waals surface area contributed by atoms with Crippen molar-refractivity contribution in [2.24, 2.45) is 4.99 Å². The molecular formula is C25H27BrN2O5S. The number of methoxy groups -OCH3 is 2. The van der Waals surface area contributed by atoms with Crippen LogP contribution in [0.5, 0.6) is 11.5 Å². The van der Waals surface area contributed by atoms with E-state index in [2.05, 4.69) is 27.8 Å². The van der Waals surface area contributed by atoms with Gasteiger partial charge in [0.1, 0.15) is 0 Å². The number of rotatable bonds is 9. The summed E-state index contributed by atoms with van der Waals surface area (Å²) >= 11 is 4.85. The number of carbonyl (C=O) groups excluding carboxylic acids is 2. The standard InChI is InChI=1S/C25H27BrN2O5S/c1-5-7-11-33-22-19(26)12-16(13-20(22)31-3)14-21-23(29)28(6-2)25(34-21)27-18-10-8-9-17(15-18)24(30)32-4/h8-10,12-15H,5-7,11H2,1-4H3.